The van der Waals surface area contributed by atoms with Gasteiger partial charge in [-0.1, -0.05) is 29.8 Å². The number of aromatic nitrogens is 1. The number of fused-ring (bicyclic) bond motifs is 1. The number of rotatable bonds is 1. The van der Waals surface area contributed by atoms with Crippen LogP contribution in [0.1, 0.15) is 29.5 Å². The molecule has 1 unspecified atom stereocenters. The maximum Gasteiger partial charge on any atom is 0.125 e. The molecule has 2 aromatic rings. The van der Waals surface area contributed by atoms with Crippen LogP contribution in [0.5, 0.6) is 0 Å². The molecule has 1 aliphatic carbocycles. The van der Waals surface area contributed by atoms with Crippen LogP contribution in [0.2, 0.25) is 5.02 Å². The van der Waals surface area contributed by atoms with Crippen LogP contribution in [-0.2, 0) is 6.42 Å². The van der Waals surface area contributed by atoms with Gasteiger partial charge in [0.25, 0.3) is 0 Å². The summed E-state index contributed by atoms with van der Waals surface area (Å²) in [7, 11) is 0. The summed E-state index contributed by atoms with van der Waals surface area (Å²) in [5.41, 5.74) is 8.18. The summed E-state index contributed by atoms with van der Waals surface area (Å²) in [4.78, 5) is 6.00. The average Bonchev–Trinajstić information content (AvgIpc) is 2.75. The number of thiazole rings is 1. The number of halogens is 1. The van der Waals surface area contributed by atoms with E-state index in [4.69, 9.17) is 17.3 Å². The molecule has 0 saturated heterocycles. The van der Waals surface area contributed by atoms with Gasteiger partial charge in [-0.2, -0.15) is 0 Å². The van der Waals surface area contributed by atoms with E-state index in [0.717, 1.165) is 34.1 Å². The second kappa shape index (κ2) is 4.41. The topological polar surface area (TPSA) is 38.9 Å². The molecule has 2 nitrogen and oxygen atoms in total. The molecule has 1 aromatic heterocycles. The molecule has 88 valence electrons. The second-order valence-electron chi connectivity index (χ2n) is 4.31. The van der Waals surface area contributed by atoms with E-state index < -0.39 is 0 Å². The highest BCUT2D eigenvalue weighted by Crippen LogP contribution is 2.38. The van der Waals surface area contributed by atoms with Gasteiger partial charge in [-0.05, 0) is 25.3 Å². The molecule has 1 aromatic carbocycles. The van der Waals surface area contributed by atoms with Gasteiger partial charge in [0, 0.05) is 16.5 Å². The van der Waals surface area contributed by atoms with Crippen LogP contribution in [-0.4, -0.2) is 4.98 Å². The molecule has 0 spiro atoms. The summed E-state index contributed by atoms with van der Waals surface area (Å²) < 4.78 is 0. The number of nitrogens with zero attached hydrogens (tertiary/aromatic N) is 1. The number of hydrogen-bond donors (Lipinski definition) is 1. The van der Waals surface area contributed by atoms with Gasteiger partial charge < -0.3 is 5.73 Å². The molecular weight excluding hydrogens is 252 g/mol. The first-order valence-corrected chi connectivity index (χ1v) is 6.95. The van der Waals surface area contributed by atoms with Crippen molar-refractivity contribution in [1.82, 2.24) is 4.98 Å². The molecule has 3 rings (SSSR count). The highest BCUT2D eigenvalue weighted by Gasteiger charge is 2.22. The molecule has 2 N–H and O–H groups in total. The van der Waals surface area contributed by atoms with Crippen molar-refractivity contribution >= 4 is 22.9 Å². The summed E-state index contributed by atoms with van der Waals surface area (Å²) in [6.07, 6.45) is 3.31. The molecule has 17 heavy (non-hydrogen) atoms. The molecule has 1 atom stereocenters. The zero-order valence-corrected chi connectivity index (χ0v) is 10.9. The lowest BCUT2D eigenvalue weighted by Gasteiger charge is -2.15. The lowest BCUT2D eigenvalue weighted by Crippen LogP contribution is -2.16. The van der Waals surface area contributed by atoms with Crippen molar-refractivity contribution in [3.8, 4) is 10.6 Å². The third-order valence-corrected chi connectivity index (χ3v) is 4.60. The van der Waals surface area contributed by atoms with Crippen molar-refractivity contribution in [1.29, 1.82) is 0 Å². The Labute approximate surface area is 109 Å². The Balaban J connectivity index is 2.08. The van der Waals surface area contributed by atoms with Gasteiger partial charge in [-0.3, -0.25) is 0 Å². The van der Waals surface area contributed by atoms with Gasteiger partial charge in [-0.15, -0.1) is 11.3 Å². The monoisotopic (exact) mass is 264 g/mol. The van der Waals surface area contributed by atoms with E-state index in [2.05, 4.69) is 4.98 Å². The zero-order chi connectivity index (χ0) is 11.8. The highest BCUT2D eigenvalue weighted by atomic mass is 35.5. The predicted molar refractivity (Wildman–Crippen MR) is 72.4 cm³/mol. The minimum atomic E-state index is 0.103. The van der Waals surface area contributed by atoms with Crippen molar-refractivity contribution in [3.05, 3.63) is 39.9 Å². The zero-order valence-electron chi connectivity index (χ0n) is 9.32. The first-order chi connectivity index (χ1) is 8.25. The smallest absolute Gasteiger partial charge is 0.125 e. The van der Waals surface area contributed by atoms with Crippen LogP contribution in [0.3, 0.4) is 0 Å². The molecule has 0 aliphatic heterocycles. The molecule has 1 heterocycles. The van der Waals surface area contributed by atoms with E-state index in [0.29, 0.717) is 0 Å². The average molecular weight is 265 g/mol. The van der Waals surface area contributed by atoms with E-state index in [1.54, 1.807) is 11.3 Å². The highest BCUT2D eigenvalue weighted by molar-refractivity contribution is 7.15. The molecule has 0 fully saturated rings. The number of hydrogen-bond acceptors (Lipinski definition) is 3. The van der Waals surface area contributed by atoms with Crippen molar-refractivity contribution in [2.24, 2.45) is 5.73 Å². The molecule has 0 saturated carbocycles. The lowest BCUT2D eigenvalue weighted by molar-refractivity contribution is 0.564. The Morgan fingerprint density at radius 2 is 2.18 bits per heavy atom. The van der Waals surface area contributed by atoms with Crippen LogP contribution < -0.4 is 5.73 Å². The summed E-state index contributed by atoms with van der Waals surface area (Å²) in [6.45, 7) is 0. The fourth-order valence-corrected chi connectivity index (χ4v) is 3.70. The molecule has 0 bridgehead atoms. The van der Waals surface area contributed by atoms with Crippen molar-refractivity contribution < 1.29 is 0 Å². The minimum Gasteiger partial charge on any atom is -0.323 e. The summed E-state index contributed by atoms with van der Waals surface area (Å²) in [6, 6.07) is 7.94. The number of aryl methyl sites for hydroxylation is 1. The molecule has 0 radical (unpaired) electrons. The number of nitrogens with two attached hydrogens (primary N) is 1. The van der Waals surface area contributed by atoms with Crippen LogP contribution in [0.25, 0.3) is 10.6 Å². The van der Waals surface area contributed by atoms with Gasteiger partial charge in [0.05, 0.1) is 10.7 Å². The van der Waals surface area contributed by atoms with Gasteiger partial charge in [0.15, 0.2) is 0 Å². The van der Waals surface area contributed by atoms with Crippen LogP contribution in [0, 0.1) is 0 Å². The second-order valence-corrected chi connectivity index (χ2v) is 5.80. The normalized spacial score (nSPS) is 19.1. The van der Waals surface area contributed by atoms with Crippen LogP contribution in [0.4, 0.5) is 0 Å². The van der Waals surface area contributed by atoms with E-state index in [9.17, 15) is 0 Å². The molecular formula is C13H13ClN2S. The summed E-state index contributed by atoms with van der Waals surface area (Å²) in [5, 5.41) is 1.75. The first kappa shape index (κ1) is 11.2. The van der Waals surface area contributed by atoms with Crippen molar-refractivity contribution in [3.63, 3.8) is 0 Å². The Morgan fingerprint density at radius 3 is 2.94 bits per heavy atom. The number of benzene rings is 1. The fourth-order valence-electron chi connectivity index (χ4n) is 2.20. The van der Waals surface area contributed by atoms with Gasteiger partial charge in [0.2, 0.25) is 0 Å². The third kappa shape index (κ3) is 1.99. The van der Waals surface area contributed by atoms with E-state index >= 15 is 0 Å². The Bertz CT molecular complexity index is 550. The molecule has 1 aliphatic rings. The Hall–Kier alpha value is -0.900. The van der Waals surface area contributed by atoms with Crippen LogP contribution in [0.15, 0.2) is 24.3 Å². The summed E-state index contributed by atoms with van der Waals surface area (Å²) >= 11 is 7.92. The van der Waals surface area contributed by atoms with E-state index in [1.807, 2.05) is 24.3 Å². The minimum absolute atomic E-state index is 0.103. The van der Waals surface area contributed by atoms with E-state index in [1.165, 1.54) is 11.3 Å². The molecule has 0 amide bonds. The first-order valence-electron chi connectivity index (χ1n) is 5.76. The van der Waals surface area contributed by atoms with Gasteiger partial charge in [0.1, 0.15) is 5.01 Å². The SMILES string of the molecule is NC1CCCc2sc(-c3ccccc3Cl)nc21. The quantitative estimate of drug-likeness (QED) is 0.851. The van der Waals surface area contributed by atoms with Gasteiger partial charge >= 0.3 is 0 Å². The lowest BCUT2D eigenvalue weighted by atomic mass is 9.99. The van der Waals surface area contributed by atoms with E-state index in [-0.39, 0.29) is 6.04 Å². The fraction of sp³-hybridized carbons (Fsp3) is 0.308. The maximum atomic E-state index is 6.19. The maximum absolute atomic E-state index is 6.19. The Kier molecular flexibility index (Phi) is 2.90. The molecule has 4 heteroatoms. The van der Waals surface area contributed by atoms with Crippen LogP contribution >= 0.6 is 22.9 Å². The van der Waals surface area contributed by atoms with Crippen molar-refractivity contribution in [2.45, 2.75) is 25.3 Å². The largest absolute Gasteiger partial charge is 0.323 e. The van der Waals surface area contributed by atoms with Gasteiger partial charge in [-0.25, -0.2) is 4.98 Å². The standard InChI is InChI=1S/C13H13ClN2S/c14-9-5-2-1-4-8(9)13-16-12-10(15)6-3-7-11(12)17-13/h1-2,4-5,10H,3,6-7,15H2. The Morgan fingerprint density at radius 1 is 1.35 bits per heavy atom. The third-order valence-electron chi connectivity index (χ3n) is 3.10. The summed E-state index contributed by atoms with van der Waals surface area (Å²) in [5.74, 6) is 0. The van der Waals surface area contributed by atoms with Crippen molar-refractivity contribution in [2.75, 3.05) is 0 Å². The predicted octanol–water partition coefficient (Wildman–Crippen LogP) is 3.80.